The highest BCUT2D eigenvalue weighted by Crippen LogP contribution is 2.32. The van der Waals surface area contributed by atoms with Crippen LogP contribution in [0.2, 0.25) is 0 Å². The molecular formula is C19H17NO6S. The number of carbonyl (C=O) groups excluding carboxylic acids is 2. The number of ketones is 2. The predicted octanol–water partition coefficient (Wildman–Crippen LogP) is 2.20. The second-order valence-electron chi connectivity index (χ2n) is 5.86. The molecular weight excluding hydrogens is 370 g/mol. The van der Waals surface area contributed by atoms with Crippen molar-refractivity contribution < 1.29 is 28.3 Å². The summed E-state index contributed by atoms with van der Waals surface area (Å²) < 4.78 is 43.0. The highest BCUT2D eigenvalue weighted by molar-refractivity contribution is 7.86. The maximum atomic E-state index is 12.7. The molecule has 1 aliphatic heterocycles. The largest absolute Gasteiger partial charge is 0.460 e. The second-order valence-corrected chi connectivity index (χ2v) is 7.43. The fourth-order valence-electron chi connectivity index (χ4n) is 2.48. The minimum absolute atomic E-state index is 0.0875. The SMILES string of the molecule is [2H]C1(c2ccc(C(C)=O)cc2)OC(N)=C(OS(=O)(=O)Cc2ccccc2)C1=O. The summed E-state index contributed by atoms with van der Waals surface area (Å²) in [5, 5.41) is 0. The van der Waals surface area contributed by atoms with Gasteiger partial charge in [-0.15, -0.1) is 0 Å². The van der Waals surface area contributed by atoms with Gasteiger partial charge in [0.25, 0.3) is 0 Å². The Morgan fingerprint density at radius 1 is 1.19 bits per heavy atom. The van der Waals surface area contributed by atoms with Gasteiger partial charge in [0.1, 0.15) is 5.75 Å². The summed E-state index contributed by atoms with van der Waals surface area (Å²) in [7, 11) is -4.20. The molecule has 0 aromatic heterocycles. The Bertz CT molecular complexity index is 1060. The van der Waals surface area contributed by atoms with Crippen molar-refractivity contribution in [2.24, 2.45) is 5.73 Å². The fourth-order valence-corrected chi connectivity index (χ4v) is 3.55. The zero-order valence-electron chi connectivity index (χ0n) is 15.3. The van der Waals surface area contributed by atoms with Crippen LogP contribution in [0, 0.1) is 0 Å². The molecule has 0 saturated carbocycles. The first-order valence-corrected chi connectivity index (χ1v) is 9.51. The Balaban J connectivity index is 1.83. The molecule has 2 aromatic rings. The molecule has 0 fully saturated rings. The average molecular weight is 388 g/mol. The lowest BCUT2D eigenvalue weighted by Gasteiger charge is -2.10. The van der Waals surface area contributed by atoms with Gasteiger partial charge in [-0.25, -0.2) is 0 Å². The van der Waals surface area contributed by atoms with Crippen LogP contribution in [0.25, 0.3) is 0 Å². The molecule has 3 rings (SSSR count). The van der Waals surface area contributed by atoms with E-state index in [0.29, 0.717) is 11.1 Å². The van der Waals surface area contributed by atoms with Crippen molar-refractivity contribution in [3.05, 3.63) is 82.9 Å². The molecule has 8 heteroatoms. The van der Waals surface area contributed by atoms with E-state index in [1.54, 1.807) is 30.3 Å². The van der Waals surface area contributed by atoms with E-state index < -0.39 is 39.4 Å². The minimum Gasteiger partial charge on any atom is -0.460 e. The van der Waals surface area contributed by atoms with Crippen molar-refractivity contribution in [3.63, 3.8) is 0 Å². The first kappa shape index (κ1) is 17.3. The number of carbonyl (C=O) groups is 2. The van der Waals surface area contributed by atoms with Crippen molar-refractivity contribution in [1.82, 2.24) is 0 Å². The van der Waals surface area contributed by atoms with Gasteiger partial charge in [-0.3, -0.25) is 9.59 Å². The molecule has 1 atom stereocenters. The number of ether oxygens (including phenoxy) is 1. The molecule has 1 aliphatic rings. The van der Waals surface area contributed by atoms with Gasteiger partial charge in [0, 0.05) is 11.1 Å². The third-order valence-electron chi connectivity index (χ3n) is 3.80. The van der Waals surface area contributed by atoms with Crippen LogP contribution in [0.4, 0.5) is 0 Å². The Hall–Kier alpha value is -3.13. The molecule has 27 heavy (non-hydrogen) atoms. The molecule has 2 aromatic carbocycles. The zero-order chi connectivity index (χ0) is 20.5. The van der Waals surface area contributed by atoms with Crippen molar-refractivity contribution in [2.45, 2.75) is 18.8 Å². The molecule has 0 radical (unpaired) electrons. The number of benzene rings is 2. The Labute approximate surface area is 157 Å². The highest BCUT2D eigenvalue weighted by Gasteiger charge is 2.39. The number of hydrogen-bond acceptors (Lipinski definition) is 7. The van der Waals surface area contributed by atoms with E-state index in [2.05, 4.69) is 0 Å². The van der Waals surface area contributed by atoms with Gasteiger partial charge in [0.2, 0.25) is 17.4 Å². The maximum absolute atomic E-state index is 12.7. The van der Waals surface area contributed by atoms with Crippen LogP contribution in [0.15, 0.2) is 66.2 Å². The topological polar surface area (TPSA) is 113 Å². The van der Waals surface area contributed by atoms with Crippen molar-refractivity contribution in [2.75, 3.05) is 0 Å². The standard InChI is InChI=1S/C19H17NO6S/c1-12(21)14-7-9-15(10-8-14)17-16(22)18(19(20)25-17)26-27(23,24)11-13-5-3-2-4-6-13/h2-10,17H,11,20H2,1H3/i17D. The van der Waals surface area contributed by atoms with Gasteiger partial charge in [0.05, 0.1) is 1.37 Å². The predicted molar refractivity (Wildman–Crippen MR) is 96.6 cm³/mol. The number of rotatable bonds is 6. The van der Waals surface area contributed by atoms with Crippen LogP contribution in [0.3, 0.4) is 0 Å². The van der Waals surface area contributed by atoms with E-state index in [1.807, 2.05) is 0 Å². The van der Waals surface area contributed by atoms with Crippen LogP contribution in [-0.2, 0) is 29.6 Å². The minimum atomic E-state index is -4.20. The van der Waals surface area contributed by atoms with Gasteiger partial charge in [0.15, 0.2) is 11.9 Å². The smallest absolute Gasteiger partial charge is 0.313 e. The van der Waals surface area contributed by atoms with Crippen LogP contribution >= 0.6 is 0 Å². The lowest BCUT2D eigenvalue weighted by atomic mass is 10.0. The van der Waals surface area contributed by atoms with Gasteiger partial charge in [-0.05, 0) is 12.5 Å². The number of Topliss-reactive ketones (excluding diaryl/α,β-unsaturated/α-hetero) is 2. The molecule has 140 valence electrons. The van der Waals surface area contributed by atoms with Crippen LogP contribution in [-0.4, -0.2) is 20.0 Å². The van der Waals surface area contributed by atoms with Crippen LogP contribution in [0.5, 0.6) is 0 Å². The van der Waals surface area contributed by atoms with E-state index in [0.717, 1.165) is 0 Å². The summed E-state index contributed by atoms with van der Waals surface area (Å²) in [6.07, 6.45) is -2.29. The van der Waals surface area contributed by atoms with E-state index in [9.17, 15) is 18.0 Å². The average Bonchev–Trinajstić information content (AvgIpc) is 2.86. The third kappa shape index (κ3) is 4.17. The zero-order valence-corrected chi connectivity index (χ0v) is 15.2. The molecule has 7 nitrogen and oxygen atoms in total. The normalized spacial score (nSPS) is 20.2. The molecule has 0 spiro atoms. The molecule has 2 N–H and O–H groups in total. The Morgan fingerprint density at radius 2 is 1.81 bits per heavy atom. The second kappa shape index (κ2) is 7.24. The summed E-state index contributed by atoms with van der Waals surface area (Å²) in [5.74, 6) is -3.03. The monoisotopic (exact) mass is 388 g/mol. The molecule has 0 amide bonds. The molecule has 1 heterocycles. The lowest BCUT2D eigenvalue weighted by Crippen LogP contribution is -2.16. The quantitative estimate of drug-likeness (QED) is 0.596. The molecule has 0 aliphatic carbocycles. The van der Waals surface area contributed by atoms with E-state index in [4.69, 9.17) is 16.0 Å². The van der Waals surface area contributed by atoms with Crippen LogP contribution in [0.1, 0.15) is 35.9 Å². The molecule has 0 bridgehead atoms. The molecule has 0 saturated heterocycles. The van der Waals surface area contributed by atoms with E-state index in [1.165, 1.54) is 31.2 Å². The number of nitrogens with two attached hydrogens (primary N) is 1. The first-order chi connectivity index (χ1) is 13.1. The Morgan fingerprint density at radius 3 is 2.41 bits per heavy atom. The van der Waals surface area contributed by atoms with Gasteiger partial charge < -0.3 is 14.7 Å². The van der Waals surface area contributed by atoms with Crippen molar-refractivity contribution in [3.8, 4) is 0 Å². The van der Waals surface area contributed by atoms with Crippen LogP contribution < -0.4 is 5.73 Å². The van der Waals surface area contributed by atoms with E-state index in [-0.39, 0.29) is 11.3 Å². The lowest BCUT2D eigenvalue weighted by molar-refractivity contribution is -0.123. The highest BCUT2D eigenvalue weighted by atomic mass is 32.2. The molecule has 1 unspecified atom stereocenters. The van der Waals surface area contributed by atoms with Gasteiger partial charge in [-0.1, -0.05) is 54.6 Å². The summed E-state index contributed by atoms with van der Waals surface area (Å²) >= 11 is 0. The number of hydrogen-bond donors (Lipinski definition) is 1. The van der Waals surface area contributed by atoms with Crippen molar-refractivity contribution >= 4 is 21.7 Å². The van der Waals surface area contributed by atoms with Crippen molar-refractivity contribution in [1.29, 1.82) is 0 Å². The summed E-state index contributed by atoms with van der Waals surface area (Å²) in [6, 6.07) is 13.9. The summed E-state index contributed by atoms with van der Waals surface area (Å²) in [6.45, 7) is 1.38. The first-order valence-electron chi connectivity index (χ1n) is 8.43. The maximum Gasteiger partial charge on any atom is 0.313 e. The summed E-state index contributed by atoms with van der Waals surface area (Å²) in [5.41, 5.74) is 6.57. The Kier molecular flexibility index (Phi) is 4.64. The summed E-state index contributed by atoms with van der Waals surface area (Å²) in [4.78, 5) is 24.1. The van der Waals surface area contributed by atoms with E-state index >= 15 is 0 Å². The van der Waals surface area contributed by atoms with Gasteiger partial charge >= 0.3 is 10.1 Å². The third-order valence-corrected chi connectivity index (χ3v) is 4.91. The fraction of sp³-hybridized carbons (Fsp3) is 0.158. The van der Waals surface area contributed by atoms with Gasteiger partial charge in [-0.2, -0.15) is 8.42 Å².